The second-order valence-corrected chi connectivity index (χ2v) is 3.80. The van der Waals surface area contributed by atoms with Crippen LogP contribution in [0.4, 0.5) is 0 Å². The average Bonchev–Trinajstić information content (AvgIpc) is 2.27. The number of benzene rings is 1. The van der Waals surface area contributed by atoms with Gasteiger partial charge in [-0.05, 0) is 18.9 Å². The zero-order valence-electron chi connectivity index (χ0n) is 9.49. The molecular formula is C13H19NO. The molecule has 0 unspecified atom stereocenters. The number of hydrogen-bond acceptors (Lipinski definition) is 1. The average molecular weight is 205 g/mol. The molecule has 1 aromatic rings. The van der Waals surface area contributed by atoms with Crippen molar-refractivity contribution < 1.29 is 4.79 Å². The van der Waals surface area contributed by atoms with Gasteiger partial charge < -0.3 is 5.32 Å². The van der Waals surface area contributed by atoms with Crippen LogP contribution in [0, 0.1) is 0 Å². The Morgan fingerprint density at radius 1 is 1.33 bits per heavy atom. The summed E-state index contributed by atoms with van der Waals surface area (Å²) in [6.07, 6.45) is 2.66. The van der Waals surface area contributed by atoms with E-state index in [1.807, 2.05) is 37.3 Å². The highest BCUT2D eigenvalue weighted by atomic mass is 16.1. The molecule has 15 heavy (non-hydrogen) atoms. The van der Waals surface area contributed by atoms with Crippen LogP contribution < -0.4 is 5.32 Å². The molecule has 0 heterocycles. The first-order valence-electron chi connectivity index (χ1n) is 5.58. The molecule has 0 spiro atoms. The molecule has 0 radical (unpaired) electrons. The molecule has 0 aliphatic carbocycles. The summed E-state index contributed by atoms with van der Waals surface area (Å²) in [5.41, 5.74) is 1.15. The Kier molecular flexibility index (Phi) is 4.88. The summed E-state index contributed by atoms with van der Waals surface area (Å²) in [6, 6.07) is 10.1. The summed E-state index contributed by atoms with van der Waals surface area (Å²) < 4.78 is 0. The molecule has 0 fully saturated rings. The molecular weight excluding hydrogens is 186 g/mol. The lowest BCUT2D eigenvalue weighted by Gasteiger charge is -2.13. The third kappa shape index (κ3) is 4.15. The minimum absolute atomic E-state index is 0.107. The first kappa shape index (κ1) is 11.8. The van der Waals surface area contributed by atoms with Crippen molar-refractivity contribution in [1.82, 2.24) is 5.32 Å². The molecule has 0 aromatic heterocycles. The van der Waals surface area contributed by atoms with E-state index in [0.717, 1.165) is 18.4 Å². The lowest BCUT2D eigenvalue weighted by atomic mass is 10.1. The summed E-state index contributed by atoms with van der Waals surface area (Å²) in [4.78, 5) is 11.5. The monoisotopic (exact) mass is 205 g/mol. The van der Waals surface area contributed by atoms with Crippen LogP contribution in [0.15, 0.2) is 30.3 Å². The van der Waals surface area contributed by atoms with Crippen LogP contribution in [0.25, 0.3) is 0 Å². The molecule has 0 saturated carbocycles. The summed E-state index contributed by atoms with van der Waals surface area (Å²) in [6.45, 7) is 4.10. The zero-order valence-corrected chi connectivity index (χ0v) is 9.49. The first-order chi connectivity index (χ1) is 7.24. The van der Waals surface area contributed by atoms with Crippen LogP contribution in [0.3, 0.4) is 0 Å². The van der Waals surface area contributed by atoms with Gasteiger partial charge in [0.1, 0.15) is 0 Å². The fourth-order valence-corrected chi connectivity index (χ4v) is 1.48. The van der Waals surface area contributed by atoms with E-state index in [1.54, 1.807) is 0 Å². The number of unbranched alkanes of at least 4 members (excludes halogenated alkanes) is 1. The normalized spacial score (nSPS) is 12.1. The van der Waals surface area contributed by atoms with E-state index in [9.17, 15) is 4.79 Å². The lowest BCUT2D eigenvalue weighted by Crippen LogP contribution is -2.26. The van der Waals surface area contributed by atoms with Crippen LogP contribution >= 0.6 is 0 Å². The Labute approximate surface area is 91.7 Å². The van der Waals surface area contributed by atoms with Crippen molar-refractivity contribution in [3.05, 3.63) is 35.9 Å². The van der Waals surface area contributed by atoms with E-state index in [0.29, 0.717) is 6.42 Å². The largest absolute Gasteiger partial charge is 0.350 e. The second kappa shape index (κ2) is 6.23. The van der Waals surface area contributed by atoms with Crippen molar-refractivity contribution in [1.29, 1.82) is 0 Å². The van der Waals surface area contributed by atoms with Gasteiger partial charge in [-0.25, -0.2) is 0 Å². The highest BCUT2D eigenvalue weighted by Gasteiger charge is 2.07. The van der Waals surface area contributed by atoms with Crippen LogP contribution in [0.5, 0.6) is 0 Å². The topological polar surface area (TPSA) is 29.1 Å². The van der Waals surface area contributed by atoms with Gasteiger partial charge in [0.05, 0.1) is 6.04 Å². The molecule has 0 saturated heterocycles. The predicted octanol–water partition coefficient (Wildman–Crippen LogP) is 3.05. The molecule has 1 N–H and O–H groups in total. The van der Waals surface area contributed by atoms with Gasteiger partial charge in [0.2, 0.25) is 5.91 Å². The predicted molar refractivity (Wildman–Crippen MR) is 62.5 cm³/mol. The minimum Gasteiger partial charge on any atom is -0.350 e. The van der Waals surface area contributed by atoms with E-state index in [2.05, 4.69) is 12.2 Å². The van der Waals surface area contributed by atoms with Crippen molar-refractivity contribution in [2.75, 3.05) is 0 Å². The fraction of sp³-hybridized carbons (Fsp3) is 0.462. The van der Waals surface area contributed by atoms with Gasteiger partial charge in [0, 0.05) is 6.42 Å². The number of nitrogens with one attached hydrogen (secondary N) is 1. The maximum absolute atomic E-state index is 11.5. The number of carbonyl (C=O) groups is 1. The summed E-state index contributed by atoms with van der Waals surface area (Å²) >= 11 is 0. The minimum atomic E-state index is 0.107. The molecule has 1 rings (SSSR count). The summed E-state index contributed by atoms with van der Waals surface area (Å²) in [5, 5.41) is 2.99. The van der Waals surface area contributed by atoms with E-state index < -0.39 is 0 Å². The standard InChI is InChI=1S/C13H19NO/c1-3-4-10-13(15)14-11(2)12-8-6-5-7-9-12/h5-9,11H,3-4,10H2,1-2H3,(H,14,15)/t11-/m1/s1. The van der Waals surface area contributed by atoms with Gasteiger partial charge in [-0.15, -0.1) is 0 Å². The van der Waals surface area contributed by atoms with Gasteiger partial charge >= 0.3 is 0 Å². The summed E-state index contributed by atoms with van der Waals surface area (Å²) in [5.74, 6) is 0.146. The van der Waals surface area contributed by atoms with Crippen molar-refractivity contribution in [2.45, 2.75) is 39.2 Å². The smallest absolute Gasteiger partial charge is 0.220 e. The summed E-state index contributed by atoms with van der Waals surface area (Å²) in [7, 11) is 0. The van der Waals surface area contributed by atoms with E-state index in [-0.39, 0.29) is 11.9 Å². The van der Waals surface area contributed by atoms with Crippen molar-refractivity contribution in [2.24, 2.45) is 0 Å². The Morgan fingerprint density at radius 2 is 2.00 bits per heavy atom. The SMILES string of the molecule is CCCCC(=O)N[C@H](C)c1ccccc1. The molecule has 82 valence electrons. The van der Waals surface area contributed by atoms with Gasteiger partial charge in [-0.2, -0.15) is 0 Å². The molecule has 2 heteroatoms. The quantitative estimate of drug-likeness (QED) is 0.786. The zero-order chi connectivity index (χ0) is 11.1. The maximum Gasteiger partial charge on any atom is 0.220 e. The second-order valence-electron chi connectivity index (χ2n) is 3.80. The molecule has 0 bridgehead atoms. The number of rotatable bonds is 5. The third-order valence-electron chi connectivity index (χ3n) is 2.43. The highest BCUT2D eigenvalue weighted by Crippen LogP contribution is 2.11. The molecule has 0 aliphatic rings. The van der Waals surface area contributed by atoms with Crippen LogP contribution in [0.1, 0.15) is 44.7 Å². The molecule has 1 aromatic carbocycles. The number of hydrogen-bond donors (Lipinski definition) is 1. The number of amides is 1. The Balaban J connectivity index is 2.42. The van der Waals surface area contributed by atoms with Gasteiger partial charge in [-0.3, -0.25) is 4.79 Å². The van der Waals surface area contributed by atoms with E-state index in [4.69, 9.17) is 0 Å². The Bertz CT molecular complexity index is 295. The molecule has 2 nitrogen and oxygen atoms in total. The van der Waals surface area contributed by atoms with E-state index >= 15 is 0 Å². The van der Waals surface area contributed by atoms with Crippen LogP contribution in [-0.4, -0.2) is 5.91 Å². The van der Waals surface area contributed by atoms with Crippen molar-refractivity contribution >= 4 is 5.91 Å². The maximum atomic E-state index is 11.5. The highest BCUT2D eigenvalue weighted by molar-refractivity contribution is 5.76. The van der Waals surface area contributed by atoms with Crippen molar-refractivity contribution in [3.63, 3.8) is 0 Å². The molecule has 1 amide bonds. The van der Waals surface area contributed by atoms with Gasteiger partial charge in [0.15, 0.2) is 0 Å². The third-order valence-corrected chi connectivity index (χ3v) is 2.43. The van der Waals surface area contributed by atoms with Crippen LogP contribution in [-0.2, 0) is 4.79 Å². The lowest BCUT2D eigenvalue weighted by molar-refractivity contribution is -0.121. The van der Waals surface area contributed by atoms with Gasteiger partial charge in [0.25, 0.3) is 0 Å². The first-order valence-corrected chi connectivity index (χ1v) is 5.58. The number of carbonyl (C=O) groups excluding carboxylic acids is 1. The molecule has 1 atom stereocenters. The fourth-order valence-electron chi connectivity index (χ4n) is 1.48. The Morgan fingerprint density at radius 3 is 2.60 bits per heavy atom. The van der Waals surface area contributed by atoms with Crippen LogP contribution in [0.2, 0.25) is 0 Å². The van der Waals surface area contributed by atoms with Crippen molar-refractivity contribution in [3.8, 4) is 0 Å². The van der Waals surface area contributed by atoms with Gasteiger partial charge in [-0.1, -0.05) is 43.7 Å². The molecule has 0 aliphatic heterocycles. The Hall–Kier alpha value is -1.31. The van der Waals surface area contributed by atoms with E-state index in [1.165, 1.54) is 0 Å².